The number of amides is 1. The fourth-order valence-corrected chi connectivity index (χ4v) is 2.47. The number of nitrogens with zero attached hydrogens (tertiary/aromatic N) is 1. The lowest BCUT2D eigenvalue weighted by Gasteiger charge is -2.20. The Balaban J connectivity index is 2.19. The Morgan fingerprint density at radius 1 is 1.44 bits per heavy atom. The average Bonchev–Trinajstić information content (AvgIpc) is 2.81. The van der Waals surface area contributed by atoms with Crippen LogP contribution in [0.2, 0.25) is 0 Å². The highest BCUT2D eigenvalue weighted by Gasteiger charge is 2.24. The maximum atomic E-state index is 11.9. The molecule has 0 aromatic carbocycles. The molecule has 1 aliphatic heterocycles. The summed E-state index contributed by atoms with van der Waals surface area (Å²) in [5, 5.41) is 3.09. The lowest BCUT2D eigenvalue weighted by atomic mass is 10.0. The molecule has 4 heteroatoms. The van der Waals surface area contributed by atoms with Crippen molar-refractivity contribution in [2.24, 2.45) is 17.6 Å². The van der Waals surface area contributed by atoms with Crippen LogP contribution in [0.25, 0.3) is 0 Å². The van der Waals surface area contributed by atoms with Crippen LogP contribution in [0.4, 0.5) is 0 Å². The van der Waals surface area contributed by atoms with Gasteiger partial charge in [0.1, 0.15) is 0 Å². The molecule has 0 spiro atoms. The fourth-order valence-electron chi connectivity index (χ4n) is 2.47. The highest BCUT2D eigenvalue weighted by Crippen LogP contribution is 2.17. The van der Waals surface area contributed by atoms with Gasteiger partial charge in [0.05, 0.1) is 0 Å². The fraction of sp³-hybridized carbons (Fsp3) is 0.929. The molecule has 0 saturated carbocycles. The molecular weight excluding hydrogens is 226 g/mol. The van der Waals surface area contributed by atoms with Crippen molar-refractivity contribution < 1.29 is 4.79 Å². The summed E-state index contributed by atoms with van der Waals surface area (Å²) in [5.74, 6) is 0.903. The molecule has 1 rings (SSSR count). The Kier molecular flexibility index (Phi) is 6.65. The molecule has 1 aliphatic rings. The van der Waals surface area contributed by atoms with Gasteiger partial charge in [0.15, 0.2) is 0 Å². The van der Waals surface area contributed by atoms with Crippen molar-refractivity contribution in [2.45, 2.75) is 46.1 Å². The van der Waals surface area contributed by atoms with Gasteiger partial charge in [-0.05, 0) is 52.1 Å². The first kappa shape index (κ1) is 15.4. The van der Waals surface area contributed by atoms with Crippen LogP contribution in [0.3, 0.4) is 0 Å². The minimum atomic E-state index is 0.0937. The van der Waals surface area contributed by atoms with Gasteiger partial charge in [0.2, 0.25) is 5.91 Å². The van der Waals surface area contributed by atoms with Crippen molar-refractivity contribution in [1.82, 2.24) is 10.2 Å². The monoisotopic (exact) mass is 255 g/mol. The van der Waals surface area contributed by atoms with E-state index in [4.69, 9.17) is 5.73 Å². The van der Waals surface area contributed by atoms with Gasteiger partial charge in [-0.2, -0.15) is 0 Å². The Morgan fingerprint density at radius 3 is 2.72 bits per heavy atom. The van der Waals surface area contributed by atoms with E-state index in [0.29, 0.717) is 18.5 Å². The standard InChI is InChI=1S/C14H29N3O/c1-11(2)17-8-6-13(10-17)9-16-14(18)12(3)5-4-7-15/h11-13H,4-10,15H2,1-3H3,(H,16,18). The minimum Gasteiger partial charge on any atom is -0.356 e. The van der Waals surface area contributed by atoms with Gasteiger partial charge in [0.25, 0.3) is 0 Å². The maximum absolute atomic E-state index is 11.9. The molecule has 4 nitrogen and oxygen atoms in total. The molecule has 0 aromatic heterocycles. The summed E-state index contributed by atoms with van der Waals surface area (Å²) >= 11 is 0. The van der Waals surface area contributed by atoms with Crippen molar-refractivity contribution in [3.8, 4) is 0 Å². The number of hydrogen-bond acceptors (Lipinski definition) is 3. The first-order chi connectivity index (χ1) is 8.54. The highest BCUT2D eigenvalue weighted by molar-refractivity contribution is 5.78. The first-order valence-corrected chi connectivity index (χ1v) is 7.26. The van der Waals surface area contributed by atoms with Crippen LogP contribution in [-0.4, -0.2) is 43.0 Å². The van der Waals surface area contributed by atoms with Crippen molar-refractivity contribution >= 4 is 5.91 Å². The van der Waals surface area contributed by atoms with E-state index < -0.39 is 0 Å². The molecule has 0 aromatic rings. The predicted molar refractivity (Wildman–Crippen MR) is 75.3 cm³/mol. The Morgan fingerprint density at radius 2 is 2.17 bits per heavy atom. The van der Waals surface area contributed by atoms with Gasteiger partial charge in [0, 0.05) is 25.0 Å². The SMILES string of the molecule is CC(CCCN)C(=O)NCC1CCN(C(C)C)C1. The van der Waals surface area contributed by atoms with Crippen molar-refractivity contribution in [3.05, 3.63) is 0 Å². The molecule has 1 amide bonds. The lowest BCUT2D eigenvalue weighted by Crippen LogP contribution is -2.35. The first-order valence-electron chi connectivity index (χ1n) is 7.26. The van der Waals surface area contributed by atoms with Gasteiger partial charge in [-0.3, -0.25) is 4.79 Å². The smallest absolute Gasteiger partial charge is 0.222 e. The van der Waals surface area contributed by atoms with Gasteiger partial charge in [-0.25, -0.2) is 0 Å². The van der Waals surface area contributed by atoms with Crippen molar-refractivity contribution in [3.63, 3.8) is 0 Å². The van der Waals surface area contributed by atoms with E-state index in [0.717, 1.165) is 25.9 Å². The molecule has 18 heavy (non-hydrogen) atoms. The number of rotatable bonds is 7. The minimum absolute atomic E-state index is 0.0937. The molecule has 0 radical (unpaired) electrons. The lowest BCUT2D eigenvalue weighted by molar-refractivity contribution is -0.124. The van der Waals surface area contributed by atoms with Gasteiger partial charge in [-0.1, -0.05) is 6.92 Å². The van der Waals surface area contributed by atoms with Gasteiger partial charge >= 0.3 is 0 Å². The van der Waals surface area contributed by atoms with Crippen molar-refractivity contribution in [1.29, 1.82) is 0 Å². The molecule has 106 valence electrons. The number of carbonyl (C=O) groups excluding carboxylic acids is 1. The van der Waals surface area contributed by atoms with E-state index in [9.17, 15) is 4.79 Å². The molecule has 0 bridgehead atoms. The van der Waals surface area contributed by atoms with Crippen molar-refractivity contribution in [2.75, 3.05) is 26.2 Å². The molecular formula is C14H29N3O. The number of likely N-dealkylation sites (tertiary alicyclic amines) is 1. The van der Waals surface area contributed by atoms with E-state index in [-0.39, 0.29) is 11.8 Å². The predicted octanol–water partition coefficient (Wildman–Crippen LogP) is 1.21. The van der Waals surface area contributed by atoms with Crippen LogP contribution in [0, 0.1) is 11.8 Å². The Bertz CT molecular complexity index is 255. The zero-order valence-corrected chi connectivity index (χ0v) is 12.1. The Hall–Kier alpha value is -0.610. The third-order valence-electron chi connectivity index (χ3n) is 3.90. The van der Waals surface area contributed by atoms with Gasteiger partial charge in [-0.15, -0.1) is 0 Å². The van der Waals surface area contributed by atoms with E-state index >= 15 is 0 Å². The van der Waals surface area contributed by atoms with Crippen LogP contribution in [0.1, 0.15) is 40.0 Å². The number of carbonyl (C=O) groups is 1. The summed E-state index contributed by atoms with van der Waals surface area (Å²) in [6.45, 7) is 10.2. The largest absolute Gasteiger partial charge is 0.356 e. The summed E-state index contributed by atoms with van der Waals surface area (Å²) < 4.78 is 0. The topological polar surface area (TPSA) is 58.4 Å². The zero-order valence-electron chi connectivity index (χ0n) is 12.1. The van der Waals surface area contributed by atoms with E-state index in [1.54, 1.807) is 0 Å². The molecule has 3 N–H and O–H groups in total. The second-order valence-electron chi connectivity index (χ2n) is 5.82. The van der Waals surface area contributed by atoms with Crippen LogP contribution in [-0.2, 0) is 4.79 Å². The van der Waals surface area contributed by atoms with Gasteiger partial charge < -0.3 is 16.0 Å². The third-order valence-corrected chi connectivity index (χ3v) is 3.90. The quantitative estimate of drug-likeness (QED) is 0.719. The zero-order chi connectivity index (χ0) is 13.5. The normalized spacial score (nSPS) is 22.4. The second-order valence-corrected chi connectivity index (χ2v) is 5.82. The molecule has 2 atom stereocenters. The summed E-state index contributed by atoms with van der Waals surface area (Å²) in [5.41, 5.74) is 5.46. The van der Waals surface area contributed by atoms with Crippen LogP contribution in [0.5, 0.6) is 0 Å². The summed E-state index contributed by atoms with van der Waals surface area (Å²) in [6.07, 6.45) is 3.03. The van der Waals surface area contributed by atoms with E-state index in [1.807, 2.05) is 6.92 Å². The molecule has 1 fully saturated rings. The number of nitrogens with two attached hydrogens (primary N) is 1. The van der Waals surface area contributed by atoms with Crippen LogP contribution in [0.15, 0.2) is 0 Å². The summed E-state index contributed by atoms with van der Waals surface area (Å²) in [6, 6.07) is 0.620. The average molecular weight is 255 g/mol. The van der Waals surface area contributed by atoms with Crippen LogP contribution < -0.4 is 11.1 Å². The summed E-state index contributed by atoms with van der Waals surface area (Å²) in [4.78, 5) is 14.3. The second kappa shape index (κ2) is 7.74. The molecule has 1 heterocycles. The highest BCUT2D eigenvalue weighted by atomic mass is 16.1. The van der Waals surface area contributed by atoms with E-state index in [1.165, 1.54) is 13.0 Å². The van der Waals surface area contributed by atoms with E-state index in [2.05, 4.69) is 24.1 Å². The Labute approximate surface area is 111 Å². The third kappa shape index (κ3) is 4.94. The van der Waals surface area contributed by atoms with Crippen LogP contribution >= 0.6 is 0 Å². The number of hydrogen-bond donors (Lipinski definition) is 2. The molecule has 1 saturated heterocycles. The summed E-state index contributed by atoms with van der Waals surface area (Å²) in [7, 11) is 0. The molecule has 0 aliphatic carbocycles. The maximum Gasteiger partial charge on any atom is 0.222 e. The number of nitrogens with one attached hydrogen (secondary N) is 1. The molecule has 2 unspecified atom stereocenters.